The highest BCUT2D eigenvalue weighted by Crippen LogP contribution is 2.31. The number of hydrogen-bond acceptors (Lipinski definition) is 4. The second-order valence-corrected chi connectivity index (χ2v) is 6.64. The molecule has 1 unspecified atom stereocenters. The third-order valence-electron chi connectivity index (χ3n) is 4.19. The van der Waals surface area contributed by atoms with Crippen LogP contribution in [0.1, 0.15) is 29.8 Å². The van der Waals surface area contributed by atoms with Crippen molar-refractivity contribution in [2.24, 2.45) is 5.92 Å². The summed E-state index contributed by atoms with van der Waals surface area (Å²) in [4.78, 5) is 8.43. The van der Waals surface area contributed by atoms with Crippen molar-refractivity contribution in [2.75, 3.05) is 26.2 Å². The van der Waals surface area contributed by atoms with E-state index in [4.69, 9.17) is 0 Å². The molecule has 0 aromatic carbocycles. The zero-order valence-corrected chi connectivity index (χ0v) is 12.0. The molecule has 100 valence electrons. The molecule has 1 aromatic heterocycles. The van der Waals surface area contributed by atoms with E-state index in [0.717, 1.165) is 24.9 Å². The summed E-state index contributed by atoms with van der Waals surface area (Å²) < 4.78 is 0. The van der Waals surface area contributed by atoms with E-state index in [2.05, 4.69) is 22.1 Å². The number of rotatable bonds is 6. The van der Waals surface area contributed by atoms with E-state index >= 15 is 0 Å². The fraction of sp³-hybridized carbons (Fsp3) is 0.786. The predicted octanol–water partition coefficient (Wildman–Crippen LogP) is 2.07. The molecule has 1 aromatic rings. The zero-order valence-electron chi connectivity index (χ0n) is 11.2. The van der Waals surface area contributed by atoms with E-state index in [1.165, 1.54) is 49.5 Å². The number of likely N-dealkylation sites (tertiary alicyclic amines) is 1. The molecule has 2 aliphatic rings. The molecular weight excluding hydrogens is 242 g/mol. The predicted molar refractivity (Wildman–Crippen MR) is 76.1 cm³/mol. The summed E-state index contributed by atoms with van der Waals surface area (Å²) in [5.41, 5.74) is 3.16. The lowest BCUT2D eigenvalue weighted by atomic mass is 10.1. The monoisotopic (exact) mass is 265 g/mol. The van der Waals surface area contributed by atoms with Crippen LogP contribution in [0.25, 0.3) is 0 Å². The van der Waals surface area contributed by atoms with Crippen LogP contribution in [0.15, 0.2) is 5.51 Å². The van der Waals surface area contributed by atoms with Gasteiger partial charge in [-0.3, -0.25) is 0 Å². The number of nitrogens with one attached hydrogen (secondary N) is 1. The van der Waals surface area contributed by atoms with Crippen molar-refractivity contribution >= 4 is 11.3 Å². The summed E-state index contributed by atoms with van der Waals surface area (Å²) in [6.45, 7) is 7.07. The molecule has 18 heavy (non-hydrogen) atoms. The van der Waals surface area contributed by atoms with Gasteiger partial charge in [0.05, 0.1) is 11.2 Å². The van der Waals surface area contributed by atoms with Crippen molar-refractivity contribution in [3.05, 3.63) is 16.1 Å². The number of aryl methyl sites for hydroxylation is 1. The van der Waals surface area contributed by atoms with Gasteiger partial charge in [0.1, 0.15) is 0 Å². The largest absolute Gasteiger partial charge is 0.316 e. The molecule has 1 aliphatic heterocycles. The quantitative estimate of drug-likeness (QED) is 0.798. The van der Waals surface area contributed by atoms with Gasteiger partial charge in [0.15, 0.2) is 0 Å². The molecule has 1 saturated heterocycles. The maximum absolute atomic E-state index is 4.29. The fourth-order valence-electron chi connectivity index (χ4n) is 2.87. The van der Waals surface area contributed by atoms with Gasteiger partial charge in [0.25, 0.3) is 0 Å². The van der Waals surface area contributed by atoms with Crippen LogP contribution in [-0.2, 0) is 6.42 Å². The average molecular weight is 265 g/mol. The zero-order chi connectivity index (χ0) is 12.4. The minimum Gasteiger partial charge on any atom is -0.316 e. The SMILES string of the molecule is Cc1ncsc1CCNCC1CCN(C2CC2)C1. The molecule has 4 heteroatoms. The third kappa shape index (κ3) is 3.11. The van der Waals surface area contributed by atoms with Gasteiger partial charge >= 0.3 is 0 Å². The Morgan fingerprint density at radius 2 is 2.33 bits per heavy atom. The summed E-state index contributed by atoms with van der Waals surface area (Å²) in [5, 5.41) is 3.62. The van der Waals surface area contributed by atoms with Crippen LogP contribution in [0.3, 0.4) is 0 Å². The van der Waals surface area contributed by atoms with E-state index in [0.29, 0.717) is 0 Å². The van der Waals surface area contributed by atoms with Crippen molar-refractivity contribution < 1.29 is 0 Å². The van der Waals surface area contributed by atoms with Crippen LogP contribution in [0.4, 0.5) is 0 Å². The molecule has 1 saturated carbocycles. The van der Waals surface area contributed by atoms with Gasteiger partial charge in [-0.15, -0.1) is 11.3 Å². The first-order chi connectivity index (χ1) is 8.83. The second kappa shape index (κ2) is 5.68. The maximum Gasteiger partial charge on any atom is 0.0797 e. The number of aromatic nitrogens is 1. The van der Waals surface area contributed by atoms with Crippen LogP contribution in [0.2, 0.25) is 0 Å². The summed E-state index contributed by atoms with van der Waals surface area (Å²) in [7, 11) is 0. The van der Waals surface area contributed by atoms with Crippen LogP contribution in [0.5, 0.6) is 0 Å². The van der Waals surface area contributed by atoms with Crippen molar-refractivity contribution in [1.29, 1.82) is 0 Å². The van der Waals surface area contributed by atoms with Crippen LogP contribution in [-0.4, -0.2) is 42.1 Å². The Bertz CT molecular complexity index is 386. The Morgan fingerprint density at radius 3 is 3.06 bits per heavy atom. The minimum atomic E-state index is 0.883. The third-order valence-corrected chi connectivity index (χ3v) is 5.18. The molecule has 1 atom stereocenters. The standard InChI is InChI=1S/C14H23N3S/c1-11-14(18-10-16-11)4-6-15-8-12-5-7-17(9-12)13-2-3-13/h10,12-13,15H,2-9H2,1H3. The average Bonchev–Trinajstić information content (AvgIpc) is 2.98. The van der Waals surface area contributed by atoms with Gasteiger partial charge in [0, 0.05) is 24.0 Å². The molecule has 0 spiro atoms. The summed E-state index contributed by atoms with van der Waals surface area (Å²) in [5.74, 6) is 0.883. The van der Waals surface area contributed by atoms with E-state index in [9.17, 15) is 0 Å². The smallest absolute Gasteiger partial charge is 0.0797 e. The first-order valence-corrected chi connectivity index (χ1v) is 8.04. The summed E-state index contributed by atoms with van der Waals surface area (Å²) in [6, 6.07) is 0.954. The van der Waals surface area contributed by atoms with Gasteiger partial charge in [-0.2, -0.15) is 0 Å². The maximum atomic E-state index is 4.29. The molecule has 0 amide bonds. The van der Waals surface area contributed by atoms with Crippen LogP contribution < -0.4 is 5.32 Å². The van der Waals surface area contributed by atoms with E-state index in [1.807, 2.05) is 5.51 Å². The molecule has 2 heterocycles. The molecule has 3 nitrogen and oxygen atoms in total. The number of nitrogens with zero attached hydrogens (tertiary/aromatic N) is 2. The normalized spacial score (nSPS) is 24.8. The first kappa shape index (κ1) is 12.6. The van der Waals surface area contributed by atoms with Gasteiger partial charge < -0.3 is 10.2 Å². The van der Waals surface area contributed by atoms with Crippen molar-refractivity contribution in [3.8, 4) is 0 Å². The van der Waals surface area contributed by atoms with E-state index in [-0.39, 0.29) is 0 Å². The molecule has 3 rings (SSSR count). The minimum absolute atomic E-state index is 0.883. The van der Waals surface area contributed by atoms with E-state index < -0.39 is 0 Å². The topological polar surface area (TPSA) is 28.2 Å². The lowest BCUT2D eigenvalue weighted by Crippen LogP contribution is -2.28. The molecule has 0 bridgehead atoms. The second-order valence-electron chi connectivity index (χ2n) is 5.70. The lowest BCUT2D eigenvalue weighted by molar-refractivity contribution is 0.312. The first-order valence-electron chi connectivity index (χ1n) is 7.16. The molecule has 1 aliphatic carbocycles. The number of thiazole rings is 1. The van der Waals surface area contributed by atoms with Crippen molar-refractivity contribution in [1.82, 2.24) is 15.2 Å². The Balaban J connectivity index is 1.32. The summed E-state index contributed by atoms with van der Waals surface area (Å²) in [6.07, 6.45) is 5.42. The van der Waals surface area contributed by atoms with Crippen molar-refractivity contribution in [2.45, 2.75) is 38.6 Å². The van der Waals surface area contributed by atoms with Gasteiger partial charge in [-0.25, -0.2) is 4.98 Å². The van der Waals surface area contributed by atoms with Crippen LogP contribution >= 0.6 is 11.3 Å². The Morgan fingerprint density at radius 1 is 1.44 bits per heavy atom. The fourth-order valence-corrected chi connectivity index (χ4v) is 3.66. The van der Waals surface area contributed by atoms with Gasteiger partial charge in [-0.05, 0) is 51.6 Å². The Hall–Kier alpha value is -0.450. The number of hydrogen-bond donors (Lipinski definition) is 1. The molecule has 1 N–H and O–H groups in total. The van der Waals surface area contributed by atoms with Gasteiger partial charge in [-0.1, -0.05) is 0 Å². The molecular formula is C14H23N3S. The lowest BCUT2D eigenvalue weighted by Gasteiger charge is -2.15. The summed E-state index contributed by atoms with van der Waals surface area (Å²) >= 11 is 1.79. The Kier molecular flexibility index (Phi) is 3.97. The van der Waals surface area contributed by atoms with E-state index in [1.54, 1.807) is 11.3 Å². The highest BCUT2D eigenvalue weighted by Gasteiger charge is 2.33. The van der Waals surface area contributed by atoms with Crippen LogP contribution in [0, 0.1) is 12.8 Å². The van der Waals surface area contributed by atoms with Gasteiger partial charge in [0.2, 0.25) is 0 Å². The highest BCUT2D eigenvalue weighted by atomic mass is 32.1. The molecule has 0 radical (unpaired) electrons. The molecule has 2 fully saturated rings. The van der Waals surface area contributed by atoms with Crippen molar-refractivity contribution in [3.63, 3.8) is 0 Å². The highest BCUT2D eigenvalue weighted by molar-refractivity contribution is 7.09. The Labute approximate surface area is 114 Å².